The molecule has 1 heterocycles. The van der Waals surface area contributed by atoms with Crippen LogP contribution in [0.4, 0.5) is 10.1 Å². The van der Waals surface area contributed by atoms with Crippen molar-refractivity contribution in [2.75, 3.05) is 37.7 Å². The number of non-ortho nitro benzene ring substituents is 1. The number of nitro benzene ring substituents is 1. The van der Waals surface area contributed by atoms with Crippen LogP contribution in [0.25, 0.3) is 0 Å². The van der Waals surface area contributed by atoms with E-state index in [0.717, 1.165) is 42.8 Å². The Labute approximate surface area is 125 Å². The van der Waals surface area contributed by atoms with Gasteiger partial charge in [0.05, 0.1) is 10.5 Å². The van der Waals surface area contributed by atoms with E-state index in [1.165, 1.54) is 0 Å². The van der Waals surface area contributed by atoms with Gasteiger partial charge in [0.15, 0.2) is 0 Å². The zero-order valence-electron chi connectivity index (χ0n) is 11.4. The van der Waals surface area contributed by atoms with Gasteiger partial charge in [0.1, 0.15) is 5.82 Å². The average Bonchev–Trinajstić information content (AvgIpc) is 2.48. The lowest BCUT2D eigenvalue weighted by Gasteiger charge is -2.25. The zero-order chi connectivity index (χ0) is 15.2. The monoisotopic (exact) mass is 313 g/mol. The Morgan fingerprint density at radius 1 is 1.43 bits per heavy atom. The summed E-state index contributed by atoms with van der Waals surface area (Å²) in [5, 5.41) is 13.3. The quantitative estimate of drug-likeness (QED) is 0.659. The molecule has 1 fully saturated rings. The summed E-state index contributed by atoms with van der Waals surface area (Å²) in [6.45, 7) is 3.05. The number of hydrogen-bond acceptors (Lipinski definition) is 5. The molecule has 1 amide bonds. The average molecular weight is 313 g/mol. The number of benzene rings is 1. The first-order valence-corrected chi connectivity index (χ1v) is 7.75. The third-order valence-electron chi connectivity index (χ3n) is 3.22. The SMILES string of the molecule is O=C(NCCN1CCSCC1)c1cc([N+](=O)[O-])ccc1F. The molecule has 1 aliphatic heterocycles. The molecule has 0 saturated carbocycles. The molecular formula is C13H16FN3O3S. The van der Waals surface area contributed by atoms with Crippen LogP contribution in [0, 0.1) is 15.9 Å². The normalized spacial score (nSPS) is 15.7. The second kappa shape index (κ2) is 7.37. The Kier molecular flexibility index (Phi) is 5.51. The summed E-state index contributed by atoms with van der Waals surface area (Å²) < 4.78 is 13.6. The number of thioether (sulfide) groups is 1. The van der Waals surface area contributed by atoms with Gasteiger partial charge in [0.25, 0.3) is 11.6 Å². The molecule has 1 aromatic carbocycles. The fourth-order valence-corrected chi connectivity index (χ4v) is 3.03. The molecule has 1 aromatic rings. The Morgan fingerprint density at radius 2 is 2.14 bits per heavy atom. The molecule has 0 unspecified atom stereocenters. The number of halogens is 1. The molecule has 114 valence electrons. The summed E-state index contributed by atoms with van der Waals surface area (Å²) in [5.41, 5.74) is -0.590. The Balaban J connectivity index is 1.90. The standard InChI is InChI=1S/C13H16FN3O3S/c14-12-2-1-10(17(19)20)9-11(12)13(18)15-3-4-16-5-7-21-8-6-16/h1-2,9H,3-8H2,(H,15,18). The van der Waals surface area contributed by atoms with Crippen LogP contribution in [0.5, 0.6) is 0 Å². The molecule has 1 saturated heterocycles. The molecule has 6 nitrogen and oxygen atoms in total. The van der Waals surface area contributed by atoms with E-state index in [9.17, 15) is 19.3 Å². The van der Waals surface area contributed by atoms with Crippen molar-refractivity contribution in [2.45, 2.75) is 0 Å². The minimum absolute atomic E-state index is 0.293. The summed E-state index contributed by atoms with van der Waals surface area (Å²) in [6, 6.07) is 2.94. The van der Waals surface area contributed by atoms with Gasteiger partial charge in [-0.1, -0.05) is 0 Å². The van der Waals surface area contributed by atoms with Crippen molar-refractivity contribution in [1.82, 2.24) is 10.2 Å². The van der Waals surface area contributed by atoms with Gasteiger partial charge in [0, 0.05) is 49.8 Å². The van der Waals surface area contributed by atoms with Crippen molar-refractivity contribution in [1.29, 1.82) is 0 Å². The highest BCUT2D eigenvalue weighted by molar-refractivity contribution is 7.99. The maximum atomic E-state index is 13.6. The van der Waals surface area contributed by atoms with Crippen molar-refractivity contribution in [3.63, 3.8) is 0 Å². The molecule has 2 rings (SSSR count). The molecule has 0 spiro atoms. The number of hydrogen-bond donors (Lipinski definition) is 1. The highest BCUT2D eigenvalue weighted by Gasteiger charge is 2.17. The van der Waals surface area contributed by atoms with Gasteiger partial charge in [-0.15, -0.1) is 0 Å². The number of carbonyl (C=O) groups is 1. The van der Waals surface area contributed by atoms with Crippen LogP contribution in [-0.4, -0.2) is 53.4 Å². The first-order chi connectivity index (χ1) is 10.1. The molecule has 0 aromatic heterocycles. The molecule has 1 aliphatic rings. The van der Waals surface area contributed by atoms with Crippen LogP contribution in [0.2, 0.25) is 0 Å². The van der Waals surface area contributed by atoms with E-state index < -0.39 is 16.6 Å². The molecule has 0 atom stereocenters. The Morgan fingerprint density at radius 3 is 2.81 bits per heavy atom. The van der Waals surface area contributed by atoms with Gasteiger partial charge in [-0.05, 0) is 6.07 Å². The number of amides is 1. The molecular weight excluding hydrogens is 297 g/mol. The molecule has 0 bridgehead atoms. The summed E-state index contributed by atoms with van der Waals surface area (Å²) in [5.74, 6) is 0.774. The lowest BCUT2D eigenvalue weighted by molar-refractivity contribution is -0.384. The number of nitro groups is 1. The van der Waals surface area contributed by atoms with Crippen molar-refractivity contribution < 1.29 is 14.1 Å². The van der Waals surface area contributed by atoms with Gasteiger partial charge < -0.3 is 5.32 Å². The van der Waals surface area contributed by atoms with E-state index >= 15 is 0 Å². The zero-order valence-corrected chi connectivity index (χ0v) is 12.2. The second-order valence-corrected chi connectivity index (χ2v) is 5.86. The molecule has 0 radical (unpaired) electrons. The number of nitrogens with zero attached hydrogens (tertiary/aromatic N) is 2. The predicted molar refractivity (Wildman–Crippen MR) is 79.2 cm³/mol. The van der Waals surface area contributed by atoms with Crippen LogP contribution in [0.15, 0.2) is 18.2 Å². The molecule has 1 N–H and O–H groups in total. The van der Waals surface area contributed by atoms with Crippen molar-refractivity contribution in [3.8, 4) is 0 Å². The predicted octanol–water partition coefficient (Wildman–Crippen LogP) is 1.51. The van der Waals surface area contributed by atoms with E-state index in [4.69, 9.17) is 0 Å². The Hall–Kier alpha value is -1.67. The van der Waals surface area contributed by atoms with Crippen molar-refractivity contribution in [3.05, 3.63) is 39.7 Å². The summed E-state index contributed by atoms with van der Waals surface area (Å²) in [6.07, 6.45) is 0. The highest BCUT2D eigenvalue weighted by Crippen LogP contribution is 2.16. The molecule has 0 aliphatic carbocycles. The van der Waals surface area contributed by atoms with Gasteiger partial charge in [-0.25, -0.2) is 4.39 Å². The van der Waals surface area contributed by atoms with E-state index in [2.05, 4.69) is 10.2 Å². The molecule has 8 heteroatoms. The largest absolute Gasteiger partial charge is 0.351 e. The van der Waals surface area contributed by atoms with Crippen LogP contribution in [0.1, 0.15) is 10.4 Å². The summed E-state index contributed by atoms with van der Waals surface area (Å²) in [4.78, 5) is 24.1. The lowest BCUT2D eigenvalue weighted by Crippen LogP contribution is -2.39. The van der Waals surface area contributed by atoms with Gasteiger partial charge in [-0.2, -0.15) is 11.8 Å². The van der Waals surface area contributed by atoms with E-state index in [-0.39, 0.29) is 11.3 Å². The smallest absolute Gasteiger partial charge is 0.270 e. The lowest BCUT2D eigenvalue weighted by atomic mass is 10.1. The van der Waals surface area contributed by atoms with Crippen molar-refractivity contribution in [2.24, 2.45) is 0 Å². The van der Waals surface area contributed by atoms with E-state index in [0.29, 0.717) is 13.1 Å². The van der Waals surface area contributed by atoms with Gasteiger partial charge in [0.2, 0.25) is 0 Å². The number of rotatable bonds is 5. The van der Waals surface area contributed by atoms with E-state index in [1.807, 2.05) is 11.8 Å². The third kappa shape index (κ3) is 4.40. The van der Waals surface area contributed by atoms with Gasteiger partial charge in [-0.3, -0.25) is 19.8 Å². The maximum absolute atomic E-state index is 13.6. The fourth-order valence-electron chi connectivity index (χ4n) is 2.05. The topological polar surface area (TPSA) is 75.5 Å². The second-order valence-electron chi connectivity index (χ2n) is 4.63. The van der Waals surface area contributed by atoms with Gasteiger partial charge >= 0.3 is 0 Å². The van der Waals surface area contributed by atoms with Crippen LogP contribution < -0.4 is 5.32 Å². The van der Waals surface area contributed by atoms with Crippen molar-refractivity contribution >= 4 is 23.4 Å². The molecule has 21 heavy (non-hydrogen) atoms. The van der Waals surface area contributed by atoms with E-state index in [1.54, 1.807) is 0 Å². The minimum Gasteiger partial charge on any atom is -0.351 e. The summed E-state index contributed by atoms with van der Waals surface area (Å²) in [7, 11) is 0. The van der Waals surface area contributed by atoms with Crippen LogP contribution >= 0.6 is 11.8 Å². The third-order valence-corrected chi connectivity index (χ3v) is 4.17. The van der Waals surface area contributed by atoms with Crippen LogP contribution in [0.3, 0.4) is 0 Å². The Bertz CT molecular complexity index is 535. The highest BCUT2D eigenvalue weighted by atomic mass is 32.2. The number of carbonyl (C=O) groups excluding carboxylic acids is 1. The first-order valence-electron chi connectivity index (χ1n) is 6.60. The number of nitrogens with one attached hydrogen (secondary N) is 1. The van der Waals surface area contributed by atoms with Crippen LogP contribution in [-0.2, 0) is 0 Å². The fraction of sp³-hybridized carbons (Fsp3) is 0.462. The maximum Gasteiger partial charge on any atom is 0.270 e. The first kappa shape index (κ1) is 15.7. The minimum atomic E-state index is -0.757. The summed E-state index contributed by atoms with van der Waals surface area (Å²) >= 11 is 1.90.